The minimum Gasteiger partial charge on any atom is -0.396 e. The Kier molecular flexibility index (Phi) is 11.6. The van der Waals surface area contributed by atoms with E-state index in [-0.39, 0.29) is 38.6 Å². The van der Waals surface area contributed by atoms with Crippen LogP contribution in [0.2, 0.25) is 0 Å². The summed E-state index contributed by atoms with van der Waals surface area (Å²) in [6, 6.07) is 0. The van der Waals surface area contributed by atoms with E-state index in [0.717, 1.165) is 0 Å². The second kappa shape index (κ2) is 8.51. The van der Waals surface area contributed by atoms with Gasteiger partial charge in [-0.3, -0.25) is 4.79 Å². The summed E-state index contributed by atoms with van der Waals surface area (Å²) >= 11 is 0. The monoisotopic (exact) mass is 206 g/mol. The van der Waals surface area contributed by atoms with Crippen LogP contribution in [0.15, 0.2) is 0 Å². The first kappa shape index (κ1) is 12.2. The molecule has 0 aromatic carbocycles. The van der Waals surface area contributed by atoms with Crippen molar-refractivity contribution in [3.05, 3.63) is 0 Å². The van der Waals surface area contributed by atoms with Crippen LogP contribution in [0.3, 0.4) is 0 Å². The summed E-state index contributed by atoms with van der Waals surface area (Å²) in [5.41, 5.74) is 0. The van der Waals surface area contributed by atoms with Crippen molar-refractivity contribution >= 4 is 5.78 Å². The van der Waals surface area contributed by atoms with Crippen molar-refractivity contribution in [2.75, 3.05) is 6.61 Å². The topological polar surface area (TPSA) is 37.3 Å². The number of aliphatic hydroxyl groups excluding tert-OH is 1. The summed E-state index contributed by atoms with van der Waals surface area (Å²) in [5.74, 6) is 0.235. The van der Waals surface area contributed by atoms with Crippen molar-refractivity contribution < 1.29 is 36.1 Å². The molecule has 0 aromatic rings. The van der Waals surface area contributed by atoms with Gasteiger partial charge in [-0.25, -0.2) is 0 Å². The molecular formula is C6H12O2Zr. The van der Waals surface area contributed by atoms with Crippen LogP contribution < -0.4 is 0 Å². The van der Waals surface area contributed by atoms with Crippen LogP contribution >= 0.6 is 0 Å². The fourth-order valence-corrected chi connectivity index (χ4v) is 0.453. The molecule has 1 N–H and O–H groups in total. The summed E-state index contributed by atoms with van der Waals surface area (Å²) < 4.78 is 0. The molecule has 0 saturated carbocycles. The molecule has 0 aliphatic carbocycles. The van der Waals surface area contributed by atoms with Crippen LogP contribution in [0.5, 0.6) is 0 Å². The predicted octanol–water partition coefficient (Wildman–Crippen LogP) is 0.736. The van der Waals surface area contributed by atoms with E-state index in [2.05, 4.69) is 0 Å². The second-order valence-electron chi connectivity index (χ2n) is 1.72. The maximum Gasteiger partial charge on any atom is 0.132 e. The summed E-state index contributed by atoms with van der Waals surface area (Å²) in [4.78, 5) is 10.5. The molecule has 0 amide bonds. The van der Waals surface area contributed by atoms with E-state index in [1.807, 2.05) is 6.92 Å². The third-order valence-electron chi connectivity index (χ3n) is 1.01. The van der Waals surface area contributed by atoms with Gasteiger partial charge in [0.1, 0.15) is 5.78 Å². The molecule has 52 valence electrons. The SMILES string of the molecule is CCC(=O)CCCO.[Zr]. The van der Waals surface area contributed by atoms with Gasteiger partial charge >= 0.3 is 0 Å². The number of ketones is 1. The molecule has 2 nitrogen and oxygen atoms in total. The Bertz CT molecular complexity index is 73.5. The summed E-state index contributed by atoms with van der Waals surface area (Å²) in [7, 11) is 0. The molecule has 0 fully saturated rings. The van der Waals surface area contributed by atoms with E-state index >= 15 is 0 Å². The van der Waals surface area contributed by atoms with Gasteiger partial charge in [-0.15, -0.1) is 0 Å². The number of Topliss-reactive ketones (excluding diaryl/α,β-unsaturated/α-hetero) is 1. The van der Waals surface area contributed by atoms with Crippen molar-refractivity contribution in [1.29, 1.82) is 0 Å². The quantitative estimate of drug-likeness (QED) is 0.738. The molecule has 0 atom stereocenters. The Morgan fingerprint density at radius 2 is 2.11 bits per heavy atom. The van der Waals surface area contributed by atoms with Crippen LogP contribution in [0.4, 0.5) is 0 Å². The Labute approximate surface area is 74.8 Å². The normalized spacial score (nSPS) is 8.22. The summed E-state index contributed by atoms with van der Waals surface area (Å²) in [5, 5.41) is 8.26. The zero-order chi connectivity index (χ0) is 6.41. The van der Waals surface area contributed by atoms with Crippen molar-refractivity contribution in [3.8, 4) is 0 Å². The van der Waals surface area contributed by atoms with Crippen LogP contribution in [-0.4, -0.2) is 17.5 Å². The zero-order valence-corrected chi connectivity index (χ0v) is 8.14. The maximum absolute atomic E-state index is 10.5. The summed E-state index contributed by atoms with van der Waals surface area (Å²) in [6.45, 7) is 1.96. The van der Waals surface area contributed by atoms with Crippen LogP contribution in [0.1, 0.15) is 26.2 Å². The average Bonchev–Trinajstić information content (AvgIpc) is 1.83. The Morgan fingerprint density at radius 3 is 2.44 bits per heavy atom. The van der Waals surface area contributed by atoms with Gasteiger partial charge in [0.2, 0.25) is 0 Å². The number of hydrogen-bond donors (Lipinski definition) is 1. The molecule has 0 unspecified atom stereocenters. The zero-order valence-electron chi connectivity index (χ0n) is 5.68. The van der Waals surface area contributed by atoms with Crippen LogP contribution in [0, 0.1) is 0 Å². The molecule has 0 aliphatic rings. The van der Waals surface area contributed by atoms with Gasteiger partial charge in [-0.2, -0.15) is 0 Å². The number of hydrogen-bond acceptors (Lipinski definition) is 2. The van der Waals surface area contributed by atoms with Crippen molar-refractivity contribution in [2.24, 2.45) is 0 Å². The maximum atomic E-state index is 10.5. The van der Waals surface area contributed by atoms with E-state index in [0.29, 0.717) is 19.3 Å². The van der Waals surface area contributed by atoms with Gasteiger partial charge in [0.15, 0.2) is 0 Å². The fourth-order valence-electron chi connectivity index (χ4n) is 0.453. The first-order valence-corrected chi connectivity index (χ1v) is 2.93. The molecule has 0 aromatic heterocycles. The van der Waals surface area contributed by atoms with Gasteiger partial charge in [0.25, 0.3) is 0 Å². The number of rotatable bonds is 4. The first-order chi connectivity index (χ1) is 3.81. The van der Waals surface area contributed by atoms with E-state index in [1.54, 1.807) is 0 Å². The molecule has 0 saturated heterocycles. The van der Waals surface area contributed by atoms with Crippen LogP contribution in [-0.2, 0) is 31.0 Å². The molecule has 9 heavy (non-hydrogen) atoms. The fraction of sp³-hybridized carbons (Fsp3) is 0.833. The van der Waals surface area contributed by atoms with Gasteiger partial charge in [0, 0.05) is 45.7 Å². The third-order valence-corrected chi connectivity index (χ3v) is 1.01. The summed E-state index contributed by atoms with van der Waals surface area (Å²) in [6.07, 6.45) is 1.75. The number of carbonyl (C=O) groups is 1. The van der Waals surface area contributed by atoms with Gasteiger partial charge in [0.05, 0.1) is 0 Å². The third kappa shape index (κ3) is 8.51. The van der Waals surface area contributed by atoms with Gasteiger partial charge in [-0.1, -0.05) is 6.92 Å². The van der Waals surface area contributed by atoms with Crippen molar-refractivity contribution in [3.63, 3.8) is 0 Å². The van der Waals surface area contributed by atoms with E-state index < -0.39 is 0 Å². The molecular weight excluding hydrogens is 195 g/mol. The van der Waals surface area contributed by atoms with E-state index in [4.69, 9.17) is 5.11 Å². The number of carbonyl (C=O) groups excluding carboxylic acids is 1. The smallest absolute Gasteiger partial charge is 0.132 e. The average molecular weight is 207 g/mol. The van der Waals surface area contributed by atoms with Gasteiger partial charge in [-0.05, 0) is 6.42 Å². The van der Waals surface area contributed by atoms with E-state index in [9.17, 15) is 4.79 Å². The molecule has 0 spiro atoms. The Morgan fingerprint density at radius 1 is 1.56 bits per heavy atom. The minimum absolute atomic E-state index is 0. The predicted molar refractivity (Wildman–Crippen MR) is 31.6 cm³/mol. The second-order valence-corrected chi connectivity index (χ2v) is 1.72. The van der Waals surface area contributed by atoms with Crippen LogP contribution in [0.25, 0.3) is 0 Å². The standard InChI is InChI=1S/C6H12O2.Zr/c1-2-6(8)4-3-5-7;/h7H,2-5H2,1H3;. The Hall–Kier alpha value is 0.513. The molecule has 0 rings (SSSR count). The minimum atomic E-state index is 0. The Balaban J connectivity index is 0. The van der Waals surface area contributed by atoms with Crippen molar-refractivity contribution in [2.45, 2.75) is 26.2 Å². The molecule has 3 heteroatoms. The molecule has 0 heterocycles. The molecule has 0 bridgehead atoms. The van der Waals surface area contributed by atoms with E-state index in [1.165, 1.54) is 0 Å². The molecule has 0 aliphatic heterocycles. The largest absolute Gasteiger partial charge is 0.396 e. The number of aliphatic hydroxyl groups is 1. The molecule has 0 radical (unpaired) electrons. The first-order valence-electron chi connectivity index (χ1n) is 2.93. The van der Waals surface area contributed by atoms with Gasteiger partial charge < -0.3 is 5.11 Å². The van der Waals surface area contributed by atoms with Crippen molar-refractivity contribution in [1.82, 2.24) is 0 Å².